The van der Waals surface area contributed by atoms with Crippen molar-refractivity contribution in [3.05, 3.63) is 34.4 Å². The third-order valence-corrected chi connectivity index (χ3v) is 5.91. The SMILES string of the molecule is COc1cc(C(=O)N2CCC[C@H]2c2nnc3n2CCCCC3)cc(Cl)c1OC. The summed E-state index contributed by atoms with van der Waals surface area (Å²) in [5.74, 6) is 2.76. The quantitative estimate of drug-likeness (QED) is 0.777. The van der Waals surface area contributed by atoms with E-state index in [1.807, 2.05) is 4.90 Å². The number of methoxy groups -OCH3 is 2. The number of nitrogens with zero attached hydrogens (tertiary/aromatic N) is 4. The Balaban J connectivity index is 1.65. The lowest BCUT2D eigenvalue weighted by molar-refractivity contribution is 0.0726. The topological polar surface area (TPSA) is 69.5 Å². The van der Waals surface area contributed by atoms with E-state index in [0.29, 0.717) is 28.6 Å². The van der Waals surface area contributed by atoms with Crippen LogP contribution in [0.5, 0.6) is 11.5 Å². The van der Waals surface area contributed by atoms with Crippen molar-refractivity contribution in [3.8, 4) is 11.5 Å². The van der Waals surface area contributed by atoms with Crippen LogP contribution in [-0.2, 0) is 13.0 Å². The van der Waals surface area contributed by atoms with Crippen LogP contribution in [0.3, 0.4) is 0 Å². The summed E-state index contributed by atoms with van der Waals surface area (Å²) in [4.78, 5) is 15.2. The standard InChI is InChI=1S/C20H25ClN4O3/c1-27-16-12-13(11-14(21)18(16)28-2)20(26)24-10-6-7-15(24)19-23-22-17-8-4-3-5-9-25(17)19/h11-12,15H,3-10H2,1-2H3/t15-/m0/s1. The number of benzene rings is 1. The molecule has 2 aliphatic heterocycles. The van der Waals surface area contributed by atoms with E-state index in [-0.39, 0.29) is 11.9 Å². The van der Waals surface area contributed by atoms with Gasteiger partial charge in [0.05, 0.1) is 25.3 Å². The van der Waals surface area contributed by atoms with Gasteiger partial charge in [0.15, 0.2) is 17.3 Å². The van der Waals surface area contributed by atoms with Gasteiger partial charge in [-0.15, -0.1) is 10.2 Å². The molecule has 7 nitrogen and oxygen atoms in total. The first-order valence-electron chi connectivity index (χ1n) is 9.78. The maximum absolute atomic E-state index is 13.3. The van der Waals surface area contributed by atoms with E-state index in [1.54, 1.807) is 12.1 Å². The molecular formula is C20H25ClN4O3. The van der Waals surface area contributed by atoms with Crippen LogP contribution < -0.4 is 9.47 Å². The maximum atomic E-state index is 13.3. The molecule has 1 fully saturated rings. The molecule has 1 aromatic heterocycles. The molecule has 2 aromatic rings. The number of hydrogen-bond acceptors (Lipinski definition) is 5. The summed E-state index contributed by atoms with van der Waals surface area (Å²) in [7, 11) is 3.06. The molecule has 1 atom stereocenters. The number of fused-ring (bicyclic) bond motifs is 1. The highest BCUT2D eigenvalue weighted by Gasteiger charge is 2.35. The van der Waals surface area contributed by atoms with Crippen molar-refractivity contribution in [2.24, 2.45) is 0 Å². The van der Waals surface area contributed by atoms with Gasteiger partial charge in [-0.25, -0.2) is 0 Å². The monoisotopic (exact) mass is 404 g/mol. The van der Waals surface area contributed by atoms with Gasteiger partial charge in [0.25, 0.3) is 5.91 Å². The average Bonchev–Trinajstić information content (AvgIpc) is 3.27. The van der Waals surface area contributed by atoms with Gasteiger partial charge in [-0.3, -0.25) is 4.79 Å². The minimum Gasteiger partial charge on any atom is -0.493 e. The largest absolute Gasteiger partial charge is 0.493 e. The number of likely N-dealkylation sites (tertiary alicyclic amines) is 1. The summed E-state index contributed by atoms with van der Waals surface area (Å²) in [5.41, 5.74) is 0.491. The van der Waals surface area contributed by atoms with Gasteiger partial charge in [-0.1, -0.05) is 18.0 Å². The first-order valence-corrected chi connectivity index (χ1v) is 10.2. The Kier molecular flexibility index (Phi) is 5.44. The zero-order chi connectivity index (χ0) is 19.7. The van der Waals surface area contributed by atoms with Gasteiger partial charge in [0, 0.05) is 25.1 Å². The number of carbonyl (C=O) groups excluding carboxylic acids is 1. The molecule has 28 heavy (non-hydrogen) atoms. The van der Waals surface area contributed by atoms with Crippen molar-refractivity contribution in [2.45, 2.75) is 51.1 Å². The maximum Gasteiger partial charge on any atom is 0.254 e. The van der Waals surface area contributed by atoms with Crippen molar-refractivity contribution in [3.63, 3.8) is 0 Å². The predicted octanol–water partition coefficient (Wildman–Crippen LogP) is 3.65. The molecule has 4 rings (SSSR count). The number of ether oxygens (including phenoxy) is 2. The van der Waals surface area contributed by atoms with Gasteiger partial charge < -0.3 is 18.9 Å². The number of halogens is 1. The predicted molar refractivity (Wildman–Crippen MR) is 105 cm³/mol. The Morgan fingerprint density at radius 2 is 1.96 bits per heavy atom. The summed E-state index contributed by atoms with van der Waals surface area (Å²) in [6.45, 7) is 1.62. The van der Waals surface area contributed by atoms with Gasteiger partial charge >= 0.3 is 0 Å². The van der Waals surface area contributed by atoms with Gasteiger partial charge in [0.1, 0.15) is 5.82 Å². The molecule has 2 aliphatic rings. The second-order valence-electron chi connectivity index (χ2n) is 7.29. The Hall–Kier alpha value is -2.28. The molecule has 1 amide bonds. The summed E-state index contributed by atoms with van der Waals surface area (Å²) in [5, 5.41) is 9.24. The number of aromatic nitrogens is 3. The molecule has 8 heteroatoms. The molecule has 150 valence electrons. The van der Waals surface area contributed by atoms with E-state index in [1.165, 1.54) is 20.6 Å². The molecule has 0 spiro atoms. The van der Waals surface area contributed by atoms with E-state index in [4.69, 9.17) is 21.1 Å². The first-order chi connectivity index (χ1) is 13.6. The first kappa shape index (κ1) is 19.1. The Morgan fingerprint density at radius 1 is 1.11 bits per heavy atom. The Bertz CT molecular complexity index is 883. The van der Waals surface area contributed by atoms with Gasteiger partial charge in [0.2, 0.25) is 0 Å². The molecule has 0 N–H and O–H groups in total. The fraction of sp³-hybridized carbons (Fsp3) is 0.550. The summed E-state index contributed by atoms with van der Waals surface area (Å²) < 4.78 is 12.9. The lowest BCUT2D eigenvalue weighted by Crippen LogP contribution is -2.32. The number of rotatable bonds is 4. The average molecular weight is 405 g/mol. The van der Waals surface area contributed by atoms with Crippen molar-refractivity contribution in [1.29, 1.82) is 0 Å². The van der Waals surface area contributed by atoms with Gasteiger partial charge in [-0.2, -0.15) is 0 Å². The van der Waals surface area contributed by atoms with Crippen molar-refractivity contribution >= 4 is 17.5 Å². The Labute approximate surface area is 169 Å². The molecular weight excluding hydrogens is 380 g/mol. The number of amides is 1. The highest BCUT2D eigenvalue weighted by Crippen LogP contribution is 2.38. The second-order valence-corrected chi connectivity index (χ2v) is 7.69. The van der Waals surface area contributed by atoms with Crippen LogP contribution in [0.15, 0.2) is 12.1 Å². The number of carbonyl (C=O) groups is 1. The zero-order valence-electron chi connectivity index (χ0n) is 16.3. The zero-order valence-corrected chi connectivity index (χ0v) is 17.0. The van der Waals surface area contributed by atoms with Crippen LogP contribution in [-0.4, -0.2) is 46.3 Å². The van der Waals surface area contributed by atoms with Gasteiger partial charge in [-0.05, 0) is 37.8 Å². The van der Waals surface area contributed by atoms with Crippen LogP contribution in [0.25, 0.3) is 0 Å². The molecule has 0 unspecified atom stereocenters. The van der Waals surface area contributed by atoms with Crippen molar-refractivity contribution in [1.82, 2.24) is 19.7 Å². The third-order valence-electron chi connectivity index (χ3n) is 5.63. The van der Waals surface area contributed by atoms with Crippen LogP contribution >= 0.6 is 11.6 Å². The summed E-state index contributed by atoms with van der Waals surface area (Å²) in [6.07, 6.45) is 6.28. The highest BCUT2D eigenvalue weighted by atomic mass is 35.5. The fourth-order valence-corrected chi connectivity index (χ4v) is 4.53. The van der Waals surface area contributed by atoms with Crippen LogP contribution in [0.4, 0.5) is 0 Å². The Morgan fingerprint density at radius 3 is 2.75 bits per heavy atom. The van der Waals surface area contributed by atoms with Crippen LogP contribution in [0.1, 0.15) is 60.2 Å². The summed E-state index contributed by atoms with van der Waals surface area (Å²) >= 11 is 6.31. The number of hydrogen-bond donors (Lipinski definition) is 0. The van der Waals surface area contributed by atoms with E-state index in [0.717, 1.165) is 50.3 Å². The lowest BCUT2D eigenvalue weighted by atomic mass is 10.1. The fourth-order valence-electron chi connectivity index (χ4n) is 4.24. The second kappa shape index (κ2) is 7.99. The highest BCUT2D eigenvalue weighted by molar-refractivity contribution is 6.32. The molecule has 0 bridgehead atoms. The molecule has 0 aliphatic carbocycles. The van der Waals surface area contributed by atoms with E-state index in [9.17, 15) is 4.79 Å². The third kappa shape index (κ3) is 3.32. The molecule has 1 aromatic carbocycles. The van der Waals surface area contributed by atoms with E-state index >= 15 is 0 Å². The summed E-state index contributed by atoms with van der Waals surface area (Å²) in [6, 6.07) is 3.27. The van der Waals surface area contributed by atoms with Crippen molar-refractivity contribution < 1.29 is 14.3 Å². The normalized spacial score (nSPS) is 19.2. The van der Waals surface area contributed by atoms with Crippen molar-refractivity contribution in [2.75, 3.05) is 20.8 Å². The number of aryl methyl sites for hydroxylation is 1. The molecule has 3 heterocycles. The van der Waals surface area contributed by atoms with E-state index < -0.39 is 0 Å². The minimum atomic E-state index is -0.0728. The smallest absolute Gasteiger partial charge is 0.254 e. The molecule has 0 saturated carbocycles. The lowest BCUT2D eigenvalue weighted by Gasteiger charge is -2.25. The van der Waals surface area contributed by atoms with Crippen LogP contribution in [0, 0.1) is 0 Å². The molecule has 1 saturated heterocycles. The molecule has 0 radical (unpaired) electrons. The minimum absolute atomic E-state index is 0.0567. The van der Waals surface area contributed by atoms with E-state index in [2.05, 4.69) is 14.8 Å². The van der Waals surface area contributed by atoms with Crippen LogP contribution in [0.2, 0.25) is 5.02 Å².